The first-order valence-corrected chi connectivity index (χ1v) is 7.47. The molecule has 1 atom stereocenters. The maximum atomic E-state index is 12.5. The monoisotopic (exact) mass is 292 g/mol. The van der Waals surface area contributed by atoms with Gasteiger partial charge in [-0.15, -0.1) is 0 Å². The zero-order valence-corrected chi connectivity index (χ0v) is 14.1. The van der Waals surface area contributed by atoms with E-state index < -0.39 is 0 Å². The molecule has 0 fully saturated rings. The Morgan fingerprint density at radius 1 is 1.33 bits per heavy atom. The van der Waals surface area contributed by atoms with Crippen LogP contribution >= 0.6 is 0 Å². The molecule has 0 aliphatic carbocycles. The Bertz CT molecular complexity index is 466. The van der Waals surface area contributed by atoms with Gasteiger partial charge in [0.1, 0.15) is 5.75 Å². The van der Waals surface area contributed by atoms with Crippen molar-refractivity contribution >= 4 is 5.91 Å². The summed E-state index contributed by atoms with van der Waals surface area (Å²) in [7, 11) is 1.66. The predicted octanol–water partition coefficient (Wildman–Crippen LogP) is 2.99. The van der Waals surface area contributed by atoms with E-state index in [-0.39, 0.29) is 17.5 Å². The quantitative estimate of drug-likeness (QED) is 0.876. The van der Waals surface area contributed by atoms with Gasteiger partial charge in [0.05, 0.1) is 19.7 Å². The fourth-order valence-corrected chi connectivity index (χ4v) is 2.29. The third-order valence-electron chi connectivity index (χ3n) is 3.49. The summed E-state index contributed by atoms with van der Waals surface area (Å²) in [6, 6.07) is 7.84. The van der Waals surface area contributed by atoms with Crippen LogP contribution in [0.4, 0.5) is 0 Å². The van der Waals surface area contributed by atoms with Gasteiger partial charge in [-0.1, -0.05) is 18.2 Å². The summed E-state index contributed by atoms with van der Waals surface area (Å²) in [6.07, 6.45) is 0. The summed E-state index contributed by atoms with van der Waals surface area (Å²) in [6.45, 7) is 11.2. The van der Waals surface area contributed by atoms with Crippen LogP contribution in [0.5, 0.6) is 5.75 Å². The van der Waals surface area contributed by atoms with Gasteiger partial charge in [0.2, 0.25) is 5.91 Å². The standard InChI is InChI=1S/C17H28N2O2/c1-7-19(16(20)12-18-17(3,4)5)13(2)14-10-8-9-11-15(14)21-6/h8-11,13,18H,7,12H2,1-6H3/t13-/m0/s1. The molecular weight excluding hydrogens is 264 g/mol. The van der Waals surface area contributed by atoms with Gasteiger partial charge in [0.15, 0.2) is 0 Å². The first-order chi connectivity index (χ1) is 9.80. The number of rotatable bonds is 6. The van der Waals surface area contributed by atoms with Crippen molar-refractivity contribution in [3.8, 4) is 5.75 Å². The number of carbonyl (C=O) groups excluding carboxylic acids is 1. The summed E-state index contributed by atoms with van der Waals surface area (Å²) >= 11 is 0. The number of likely N-dealkylation sites (N-methyl/N-ethyl adjacent to an activating group) is 1. The van der Waals surface area contributed by atoms with Crippen molar-refractivity contribution in [2.24, 2.45) is 0 Å². The van der Waals surface area contributed by atoms with Crippen molar-refractivity contribution in [2.75, 3.05) is 20.2 Å². The molecule has 0 saturated heterocycles. The zero-order chi connectivity index (χ0) is 16.0. The molecule has 0 spiro atoms. The topological polar surface area (TPSA) is 41.6 Å². The van der Waals surface area contributed by atoms with Gasteiger partial charge in [0.25, 0.3) is 0 Å². The van der Waals surface area contributed by atoms with Crippen LogP contribution in [0.2, 0.25) is 0 Å². The second-order valence-corrected chi connectivity index (χ2v) is 6.20. The number of para-hydroxylation sites is 1. The Kier molecular flexibility index (Phi) is 6.21. The number of ether oxygens (including phenoxy) is 1. The molecule has 1 aromatic rings. The van der Waals surface area contributed by atoms with Crippen molar-refractivity contribution in [2.45, 2.75) is 46.2 Å². The largest absolute Gasteiger partial charge is 0.496 e. The van der Waals surface area contributed by atoms with E-state index in [0.717, 1.165) is 11.3 Å². The highest BCUT2D eigenvalue weighted by atomic mass is 16.5. The fraction of sp³-hybridized carbons (Fsp3) is 0.588. The number of nitrogens with zero attached hydrogens (tertiary/aromatic N) is 1. The molecule has 0 aliphatic heterocycles. The number of hydrogen-bond donors (Lipinski definition) is 1. The molecule has 1 aromatic carbocycles. The molecule has 21 heavy (non-hydrogen) atoms. The van der Waals surface area contributed by atoms with Crippen molar-refractivity contribution in [1.82, 2.24) is 10.2 Å². The molecule has 0 aliphatic rings. The Morgan fingerprint density at radius 3 is 2.48 bits per heavy atom. The van der Waals surface area contributed by atoms with Crippen LogP contribution in [0.25, 0.3) is 0 Å². The molecule has 118 valence electrons. The highest BCUT2D eigenvalue weighted by Gasteiger charge is 2.23. The number of nitrogens with one attached hydrogen (secondary N) is 1. The van der Waals surface area contributed by atoms with Crippen LogP contribution in [-0.4, -0.2) is 36.5 Å². The number of hydrogen-bond acceptors (Lipinski definition) is 3. The van der Waals surface area contributed by atoms with Gasteiger partial charge >= 0.3 is 0 Å². The molecule has 0 aromatic heterocycles. The minimum Gasteiger partial charge on any atom is -0.496 e. The van der Waals surface area contributed by atoms with Crippen LogP contribution in [0.1, 0.15) is 46.2 Å². The van der Waals surface area contributed by atoms with Crippen LogP contribution in [-0.2, 0) is 4.79 Å². The molecule has 0 saturated carbocycles. The molecule has 4 heteroatoms. The summed E-state index contributed by atoms with van der Waals surface area (Å²) in [5, 5.41) is 3.25. The molecule has 0 radical (unpaired) electrons. The molecule has 0 heterocycles. The normalized spacial score (nSPS) is 12.9. The summed E-state index contributed by atoms with van der Waals surface area (Å²) in [4.78, 5) is 14.3. The maximum absolute atomic E-state index is 12.5. The highest BCUT2D eigenvalue weighted by molar-refractivity contribution is 5.79. The van der Waals surface area contributed by atoms with E-state index in [1.165, 1.54) is 0 Å². The molecule has 4 nitrogen and oxygen atoms in total. The second kappa shape index (κ2) is 7.46. The smallest absolute Gasteiger partial charge is 0.237 e. The van der Waals surface area contributed by atoms with Crippen LogP contribution in [0.15, 0.2) is 24.3 Å². The predicted molar refractivity (Wildman–Crippen MR) is 86.6 cm³/mol. The SMILES string of the molecule is CCN(C(=O)CNC(C)(C)C)[C@@H](C)c1ccccc1OC. The van der Waals surface area contributed by atoms with Crippen LogP contribution in [0, 0.1) is 0 Å². The zero-order valence-electron chi connectivity index (χ0n) is 14.1. The number of amides is 1. The molecule has 0 bridgehead atoms. The number of methoxy groups -OCH3 is 1. The molecule has 1 amide bonds. The van der Waals surface area contributed by atoms with Gasteiger partial charge in [-0.3, -0.25) is 4.79 Å². The molecule has 0 unspecified atom stereocenters. The molecule has 1 rings (SSSR count). The highest BCUT2D eigenvalue weighted by Crippen LogP contribution is 2.28. The van der Waals surface area contributed by atoms with Crippen molar-refractivity contribution in [3.63, 3.8) is 0 Å². The fourth-order valence-electron chi connectivity index (χ4n) is 2.29. The first kappa shape index (κ1) is 17.5. The lowest BCUT2D eigenvalue weighted by atomic mass is 10.1. The molecular formula is C17H28N2O2. The van der Waals surface area contributed by atoms with E-state index in [1.54, 1.807) is 7.11 Å². The first-order valence-electron chi connectivity index (χ1n) is 7.47. The van der Waals surface area contributed by atoms with Crippen LogP contribution < -0.4 is 10.1 Å². The minimum atomic E-state index is -0.0667. The van der Waals surface area contributed by atoms with Gasteiger partial charge in [0, 0.05) is 17.6 Å². The van der Waals surface area contributed by atoms with E-state index in [9.17, 15) is 4.79 Å². The Morgan fingerprint density at radius 2 is 1.95 bits per heavy atom. The lowest BCUT2D eigenvalue weighted by Crippen LogP contribution is -2.45. The summed E-state index contributed by atoms with van der Waals surface area (Å²) in [5.74, 6) is 0.922. The van der Waals surface area contributed by atoms with Crippen molar-refractivity contribution in [3.05, 3.63) is 29.8 Å². The average Bonchev–Trinajstić information content (AvgIpc) is 2.45. The van der Waals surface area contributed by atoms with E-state index in [0.29, 0.717) is 13.1 Å². The lowest BCUT2D eigenvalue weighted by molar-refractivity contribution is -0.132. The van der Waals surface area contributed by atoms with E-state index in [1.807, 2.05) is 43.0 Å². The maximum Gasteiger partial charge on any atom is 0.237 e. The Labute approximate surface area is 128 Å². The van der Waals surface area contributed by atoms with E-state index >= 15 is 0 Å². The van der Waals surface area contributed by atoms with Crippen molar-refractivity contribution < 1.29 is 9.53 Å². The Balaban J connectivity index is 2.86. The number of carbonyl (C=O) groups is 1. The van der Waals surface area contributed by atoms with Gasteiger partial charge in [-0.2, -0.15) is 0 Å². The van der Waals surface area contributed by atoms with Crippen molar-refractivity contribution in [1.29, 1.82) is 0 Å². The van der Waals surface area contributed by atoms with Gasteiger partial charge in [-0.05, 0) is 40.7 Å². The van der Waals surface area contributed by atoms with E-state index in [4.69, 9.17) is 4.74 Å². The van der Waals surface area contributed by atoms with Gasteiger partial charge in [-0.25, -0.2) is 0 Å². The third-order valence-corrected chi connectivity index (χ3v) is 3.49. The summed E-state index contributed by atoms with van der Waals surface area (Å²) in [5.41, 5.74) is 0.967. The lowest BCUT2D eigenvalue weighted by Gasteiger charge is -2.31. The molecule has 1 N–H and O–H groups in total. The average molecular weight is 292 g/mol. The van der Waals surface area contributed by atoms with Crippen LogP contribution in [0.3, 0.4) is 0 Å². The van der Waals surface area contributed by atoms with E-state index in [2.05, 4.69) is 26.1 Å². The number of benzene rings is 1. The Hall–Kier alpha value is -1.55. The summed E-state index contributed by atoms with van der Waals surface area (Å²) < 4.78 is 5.40. The second-order valence-electron chi connectivity index (χ2n) is 6.20. The minimum absolute atomic E-state index is 0.0135. The van der Waals surface area contributed by atoms with Gasteiger partial charge < -0.3 is 15.0 Å². The third kappa shape index (κ3) is 5.05.